The molecular formula is C24H25ClN2O4. The molecule has 162 valence electrons. The second kappa shape index (κ2) is 9.12. The standard InChI is InChI=1S/C24H25ClN2O4/c1-16(2)31-19-9-7-17(8-10-19)21-22(26-11-13-30-14-12-26)24(29)27(23(21)28)15-18-5-3-4-6-20(18)25/h3-10,16H,11-15H2,1-2H3. The largest absolute Gasteiger partial charge is 0.491 e. The van der Waals surface area contributed by atoms with Crippen LogP contribution in [0.1, 0.15) is 25.0 Å². The minimum atomic E-state index is -0.316. The van der Waals surface area contributed by atoms with E-state index >= 15 is 0 Å². The van der Waals surface area contributed by atoms with Gasteiger partial charge in [-0.15, -0.1) is 0 Å². The van der Waals surface area contributed by atoms with Crippen molar-refractivity contribution in [3.05, 3.63) is 70.4 Å². The van der Waals surface area contributed by atoms with Crippen molar-refractivity contribution >= 4 is 29.0 Å². The topological polar surface area (TPSA) is 59.1 Å². The van der Waals surface area contributed by atoms with Gasteiger partial charge >= 0.3 is 0 Å². The zero-order valence-corrected chi connectivity index (χ0v) is 18.4. The summed E-state index contributed by atoms with van der Waals surface area (Å²) in [5.74, 6) is 0.102. The molecule has 0 saturated carbocycles. The van der Waals surface area contributed by atoms with Gasteiger partial charge in [-0.1, -0.05) is 41.9 Å². The van der Waals surface area contributed by atoms with E-state index in [-0.39, 0.29) is 24.5 Å². The lowest BCUT2D eigenvalue weighted by atomic mass is 10.0. The highest BCUT2D eigenvalue weighted by Crippen LogP contribution is 2.34. The molecule has 2 aliphatic heterocycles. The molecule has 1 saturated heterocycles. The first-order valence-electron chi connectivity index (χ1n) is 10.4. The smallest absolute Gasteiger partial charge is 0.278 e. The van der Waals surface area contributed by atoms with Gasteiger partial charge in [-0.05, 0) is 43.2 Å². The number of hydrogen-bond acceptors (Lipinski definition) is 5. The molecule has 0 radical (unpaired) electrons. The fraction of sp³-hybridized carbons (Fsp3) is 0.333. The Balaban J connectivity index is 1.70. The summed E-state index contributed by atoms with van der Waals surface area (Å²) in [7, 11) is 0. The number of rotatable bonds is 6. The van der Waals surface area contributed by atoms with Crippen LogP contribution in [0.4, 0.5) is 0 Å². The molecule has 0 bridgehead atoms. The maximum atomic E-state index is 13.5. The van der Waals surface area contributed by atoms with Crippen molar-refractivity contribution in [1.29, 1.82) is 0 Å². The van der Waals surface area contributed by atoms with Gasteiger partial charge in [-0.3, -0.25) is 14.5 Å². The molecule has 0 N–H and O–H groups in total. The lowest BCUT2D eigenvalue weighted by Gasteiger charge is -2.29. The first-order valence-corrected chi connectivity index (χ1v) is 10.8. The number of ether oxygens (including phenoxy) is 2. The van der Waals surface area contributed by atoms with Gasteiger partial charge in [0.1, 0.15) is 11.4 Å². The van der Waals surface area contributed by atoms with Crippen molar-refractivity contribution in [3.63, 3.8) is 0 Å². The molecule has 2 heterocycles. The van der Waals surface area contributed by atoms with E-state index in [0.717, 1.165) is 11.3 Å². The molecule has 2 amide bonds. The van der Waals surface area contributed by atoms with Gasteiger partial charge in [0.25, 0.3) is 11.8 Å². The summed E-state index contributed by atoms with van der Waals surface area (Å²) in [5.41, 5.74) is 2.26. The molecule has 7 heteroatoms. The molecule has 4 rings (SSSR count). The average Bonchev–Trinajstić information content (AvgIpc) is 3.01. The van der Waals surface area contributed by atoms with E-state index in [2.05, 4.69) is 0 Å². The molecule has 6 nitrogen and oxygen atoms in total. The third kappa shape index (κ3) is 4.45. The Labute approximate surface area is 187 Å². The Morgan fingerprint density at radius 2 is 1.68 bits per heavy atom. The molecule has 1 fully saturated rings. The summed E-state index contributed by atoms with van der Waals surface area (Å²) in [6.45, 7) is 6.20. The molecular weight excluding hydrogens is 416 g/mol. The molecule has 2 aliphatic rings. The molecule has 0 unspecified atom stereocenters. The van der Waals surface area contributed by atoms with Crippen LogP contribution in [0.25, 0.3) is 5.57 Å². The van der Waals surface area contributed by atoms with E-state index in [4.69, 9.17) is 21.1 Å². The van der Waals surface area contributed by atoms with Gasteiger partial charge in [0.05, 0.1) is 31.4 Å². The van der Waals surface area contributed by atoms with Crippen LogP contribution in [0.5, 0.6) is 5.75 Å². The zero-order valence-electron chi connectivity index (χ0n) is 17.6. The van der Waals surface area contributed by atoms with Gasteiger partial charge in [-0.2, -0.15) is 0 Å². The lowest BCUT2D eigenvalue weighted by molar-refractivity contribution is -0.138. The number of morpholine rings is 1. The molecule has 2 aromatic carbocycles. The molecule has 2 aromatic rings. The summed E-state index contributed by atoms with van der Waals surface area (Å²) in [6.07, 6.45) is 0.0507. The van der Waals surface area contributed by atoms with Crippen LogP contribution in [0.2, 0.25) is 5.02 Å². The predicted octanol–water partition coefficient (Wildman–Crippen LogP) is 3.74. The Morgan fingerprint density at radius 3 is 2.32 bits per heavy atom. The highest BCUT2D eigenvalue weighted by molar-refractivity contribution is 6.35. The van der Waals surface area contributed by atoms with E-state index < -0.39 is 0 Å². The molecule has 0 spiro atoms. The summed E-state index contributed by atoms with van der Waals surface area (Å²) < 4.78 is 11.2. The summed E-state index contributed by atoms with van der Waals surface area (Å²) in [4.78, 5) is 30.1. The van der Waals surface area contributed by atoms with Gasteiger partial charge in [0.15, 0.2) is 0 Å². The SMILES string of the molecule is CC(C)Oc1ccc(C2=C(N3CCOCC3)C(=O)N(Cc3ccccc3Cl)C2=O)cc1. The molecule has 0 aliphatic carbocycles. The normalized spacial score (nSPS) is 17.2. The molecule has 0 aromatic heterocycles. The van der Waals surface area contributed by atoms with E-state index in [0.29, 0.717) is 48.2 Å². The van der Waals surface area contributed by atoms with Crippen molar-refractivity contribution in [1.82, 2.24) is 9.80 Å². The highest BCUT2D eigenvalue weighted by atomic mass is 35.5. The van der Waals surface area contributed by atoms with Crippen molar-refractivity contribution in [2.24, 2.45) is 0 Å². The van der Waals surface area contributed by atoms with E-state index in [1.165, 1.54) is 4.90 Å². The number of carbonyl (C=O) groups is 2. The van der Waals surface area contributed by atoms with Crippen molar-refractivity contribution < 1.29 is 19.1 Å². The Morgan fingerprint density at radius 1 is 1.00 bits per heavy atom. The number of hydrogen-bond donors (Lipinski definition) is 0. The van der Waals surface area contributed by atoms with Gasteiger partial charge in [0, 0.05) is 18.1 Å². The van der Waals surface area contributed by atoms with Crippen LogP contribution in [0.3, 0.4) is 0 Å². The van der Waals surface area contributed by atoms with Crippen molar-refractivity contribution in [2.45, 2.75) is 26.5 Å². The Kier molecular flexibility index (Phi) is 6.30. The number of benzene rings is 2. The second-order valence-electron chi connectivity index (χ2n) is 7.80. The monoisotopic (exact) mass is 440 g/mol. The maximum absolute atomic E-state index is 13.5. The summed E-state index contributed by atoms with van der Waals surface area (Å²) in [6, 6.07) is 14.6. The first-order chi connectivity index (χ1) is 15.0. The van der Waals surface area contributed by atoms with E-state index in [1.54, 1.807) is 6.07 Å². The maximum Gasteiger partial charge on any atom is 0.278 e. The predicted molar refractivity (Wildman–Crippen MR) is 119 cm³/mol. The number of imide groups is 1. The third-order valence-electron chi connectivity index (χ3n) is 5.27. The highest BCUT2D eigenvalue weighted by Gasteiger charge is 2.42. The third-order valence-corrected chi connectivity index (χ3v) is 5.64. The molecule has 31 heavy (non-hydrogen) atoms. The fourth-order valence-electron chi connectivity index (χ4n) is 3.82. The summed E-state index contributed by atoms with van der Waals surface area (Å²) >= 11 is 6.29. The zero-order chi connectivity index (χ0) is 22.0. The van der Waals surface area contributed by atoms with Crippen molar-refractivity contribution in [2.75, 3.05) is 26.3 Å². The van der Waals surface area contributed by atoms with Crippen LogP contribution in [0, 0.1) is 0 Å². The second-order valence-corrected chi connectivity index (χ2v) is 8.21. The van der Waals surface area contributed by atoms with Gasteiger partial charge < -0.3 is 14.4 Å². The first kappa shape index (κ1) is 21.4. The van der Waals surface area contributed by atoms with Crippen LogP contribution in [-0.4, -0.2) is 54.0 Å². The van der Waals surface area contributed by atoms with Gasteiger partial charge in [-0.25, -0.2) is 0 Å². The lowest BCUT2D eigenvalue weighted by Crippen LogP contribution is -2.40. The Hall–Kier alpha value is -2.83. The Bertz CT molecular complexity index is 1010. The van der Waals surface area contributed by atoms with Crippen LogP contribution in [-0.2, 0) is 20.9 Å². The van der Waals surface area contributed by atoms with Crippen LogP contribution >= 0.6 is 11.6 Å². The number of carbonyl (C=O) groups excluding carboxylic acids is 2. The summed E-state index contributed by atoms with van der Waals surface area (Å²) in [5, 5.41) is 0.527. The van der Waals surface area contributed by atoms with Gasteiger partial charge in [0.2, 0.25) is 0 Å². The average molecular weight is 441 g/mol. The minimum absolute atomic E-state index is 0.0507. The fourth-order valence-corrected chi connectivity index (χ4v) is 4.01. The number of halogens is 1. The number of nitrogens with zero attached hydrogens (tertiary/aromatic N) is 2. The van der Waals surface area contributed by atoms with E-state index in [1.807, 2.05) is 61.2 Å². The minimum Gasteiger partial charge on any atom is -0.491 e. The quantitative estimate of drug-likeness (QED) is 0.640. The van der Waals surface area contributed by atoms with Crippen LogP contribution < -0.4 is 4.74 Å². The molecule has 0 atom stereocenters. The van der Waals surface area contributed by atoms with Crippen molar-refractivity contribution in [3.8, 4) is 5.75 Å². The van der Waals surface area contributed by atoms with Crippen LogP contribution in [0.15, 0.2) is 54.2 Å². The van der Waals surface area contributed by atoms with E-state index in [9.17, 15) is 9.59 Å². The number of amides is 2.